The summed E-state index contributed by atoms with van der Waals surface area (Å²) >= 11 is 0. The van der Waals surface area contributed by atoms with Crippen LogP contribution in [-0.4, -0.2) is 54.1 Å². The number of fused-ring (bicyclic) bond motifs is 1. The van der Waals surface area contributed by atoms with Gasteiger partial charge in [0.1, 0.15) is 25.0 Å². The number of hydrogen-bond acceptors (Lipinski definition) is 7. The number of nitrogens with one attached hydrogen (secondary N) is 3. The van der Waals surface area contributed by atoms with E-state index in [4.69, 9.17) is 9.47 Å². The van der Waals surface area contributed by atoms with Crippen LogP contribution in [0.2, 0.25) is 0 Å². The van der Waals surface area contributed by atoms with Crippen molar-refractivity contribution in [2.24, 2.45) is 5.92 Å². The van der Waals surface area contributed by atoms with E-state index in [-0.39, 0.29) is 25.9 Å². The summed E-state index contributed by atoms with van der Waals surface area (Å²) in [5.74, 6) is -2.30. The Hall–Kier alpha value is -5.74. The molecule has 4 rings (SSSR count). The van der Waals surface area contributed by atoms with Gasteiger partial charge in [-0.2, -0.15) is 0 Å². The normalized spacial score (nSPS) is 12.5. The van der Waals surface area contributed by atoms with Crippen molar-refractivity contribution < 1.29 is 33.8 Å². The minimum absolute atomic E-state index is 0.135. The molecule has 0 unspecified atom stereocenters. The van der Waals surface area contributed by atoms with Crippen LogP contribution in [0.3, 0.4) is 0 Å². The number of aliphatic hydroxyl groups is 1. The van der Waals surface area contributed by atoms with Crippen molar-refractivity contribution in [1.29, 1.82) is 0 Å². The number of benzene rings is 4. The smallest absolute Gasteiger partial charge is 0.305 e. The topological polar surface area (TPSA) is 143 Å². The number of anilines is 1. The highest BCUT2D eigenvalue weighted by atomic mass is 16.5. The molecule has 0 aliphatic heterocycles. The van der Waals surface area contributed by atoms with Gasteiger partial charge >= 0.3 is 5.97 Å². The molecule has 0 radical (unpaired) electrons. The van der Waals surface area contributed by atoms with Gasteiger partial charge in [-0.1, -0.05) is 84.9 Å². The molecule has 0 saturated heterocycles. The molecular weight excluding hydrogens is 658 g/mol. The summed E-state index contributed by atoms with van der Waals surface area (Å²) in [5.41, 5.74) is 2.44. The summed E-state index contributed by atoms with van der Waals surface area (Å²) < 4.78 is 11.2. The van der Waals surface area contributed by atoms with Crippen LogP contribution in [0.25, 0.3) is 10.8 Å². The summed E-state index contributed by atoms with van der Waals surface area (Å²) in [6, 6.07) is 28.5. The molecule has 0 heterocycles. The fourth-order valence-electron chi connectivity index (χ4n) is 5.51. The van der Waals surface area contributed by atoms with Crippen LogP contribution in [0.1, 0.15) is 43.2 Å². The first kappa shape index (κ1) is 39.1. The van der Waals surface area contributed by atoms with Gasteiger partial charge in [0, 0.05) is 18.5 Å². The molecule has 10 heteroatoms. The Labute approximate surface area is 304 Å². The lowest BCUT2D eigenvalue weighted by molar-refractivity contribution is -0.146. The maximum Gasteiger partial charge on any atom is 0.305 e. The third-order valence-corrected chi connectivity index (χ3v) is 8.34. The van der Waals surface area contributed by atoms with E-state index in [9.17, 15) is 24.3 Å². The van der Waals surface area contributed by atoms with Gasteiger partial charge in [-0.25, -0.2) is 0 Å². The van der Waals surface area contributed by atoms with Crippen LogP contribution >= 0.6 is 0 Å². The van der Waals surface area contributed by atoms with E-state index in [1.807, 2.05) is 91.0 Å². The number of esters is 1. The van der Waals surface area contributed by atoms with E-state index in [1.165, 1.54) is 6.08 Å². The van der Waals surface area contributed by atoms with Crippen LogP contribution in [0.4, 0.5) is 5.69 Å². The van der Waals surface area contributed by atoms with Gasteiger partial charge in [0.05, 0.1) is 18.6 Å². The second-order valence-corrected chi connectivity index (χ2v) is 12.5. The fraction of sp³-hybridized carbons (Fsp3) is 0.286. The maximum absolute atomic E-state index is 13.6. The van der Waals surface area contributed by atoms with Crippen LogP contribution in [0, 0.1) is 5.92 Å². The average Bonchev–Trinajstić information content (AvgIpc) is 3.16. The van der Waals surface area contributed by atoms with Gasteiger partial charge < -0.3 is 30.5 Å². The number of carbonyl (C=O) groups is 4. The Morgan fingerprint density at radius 3 is 2.23 bits per heavy atom. The molecule has 4 N–H and O–H groups in total. The largest absolute Gasteiger partial charge is 0.489 e. The fourth-order valence-corrected chi connectivity index (χ4v) is 5.51. The Morgan fingerprint density at radius 2 is 1.52 bits per heavy atom. The van der Waals surface area contributed by atoms with E-state index in [0.29, 0.717) is 37.3 Å². The molecule has 0 aliphatic carbocycles. The highest BCUT2D eigenvalue weighted by Crippen LogP contribution is 2.20. The minimum Gasteiger partial charge on any atom is -0.489 e. The lowest BCUT2D eigenvalue weighted by Crippen LogP contribution is -2.49. The molecule has 0 saturated carbocycles. The Bertz CT molecular complexity index is 1790. The summed E-state index contributed by atoms with van der Waals surface area (Å²) in [6.45, 7) is 7.11. The Morgan fingerprint density at radius 1 is 0.788 bits per heavy atom. The summed E-state index contributed by atoms with van der Waals surface area (Å²) in [7, 11) is 0. The van der Waals surface area contributed by atoms with Crippen molar-refractivity contribution in [3.63, 3.8) is 0 Å². The van der Waals surface area contributed by atoms with Gasteiger partial charge in [-0.3, -0.25) is 19.2 Å². The second kappa shape index (κ2) is 20.8. The first-order valence-electron chi connectivity index (χ1n) is 17.4. The first-order valence-corrected chi connectivity index (χ1v) is 17.4. The molecule has 0 aromatic heterocycles. The van der Waals surface area contributed by atoms with E-state index in [0.717, 1.165) is 21.9 Å². The van der Waals surface area contributed by atoms with Gasteiger partial charge in [-0.15, -0.1) is 13.2 Å². The number of aliphatic hydroxyl groups excluding tert-OH is 1. The number of amides is 3. The van der Waals surface area contributed by atoms with Gasteiger partial charge in [-0.05, 0) is 71.8 Å². The van der Waals surface area contributed by atoms with Crippen molar-refractivity contribution in [1.82, 2.24) is 10.6 Å². The van der Waals surface area contributed by atoms with Crippen LogP contribution in [-0.2, 0) is 36.9 Å². The van der Waals surface area contributed by atoms with Crippen molar-refractivity contribution in [2.75, 3.05) is 18.5 Å². The molecule has 0 spiro atoms. The standard InChI is InChI=1S/C42H47N3O7/c1-3-5-7-17-40(48)52-29-38(42(50)44-35-21-20-32-15-10-11-16-33(32)25-35)45-41(49)34(12-4-2)26-39(47)43-36(27-46)24-30-18-22-37(23-19-30)51-28-31-13-8-6-9-14-31/h3-4,6,8-11,13-16,18-23,25,34,36,38,46H,1-2,5,7,12,17,24,26-29H2,(H,43,47)(H,44,50)(H,45,49)/t34-,36+,38+/m1/s1. The number of allylic oxidation sites excluding steroid dienone is 2. The lowest BCUT2D eigenvalue weighted by Gasteiger charge is -2.23. The van der Waals surface area contributed by atoms with Gasteiger partial charge in [0.2, 0.25) is 11.8 Å². The van der Waals surface area contributed by atoms with Crippen molar-refractivity contribution in [2.45, 2.75) is 57.2 Å². The third kappa shape index (κ3) is 12.9. The molecule has 0 bridgehead atoms. The number of rotatable bonds is 21. The van der Waals surface area contributed by atoms with Crippen LogP contribution in [0.5, 0.6) is 5.75 Å². The molecular formula is C42H47N3O7. The average molecular weight is 706 g/mol. The molecule has 0 fully saturated rings. The molecule has 4 aromatic carbocycles. The minimum atomic E-state index is -1.23. The molecule has 3 amide bonds. The van der Waals surface area contributed by atoms with Crippen molar-refractivity contribution >= 4 is 40.2 Å². The van der Waals surface area contributed by atoms with Crippen LogP contribution in [0.15, 0.2) is 122 Å². The number of hydrogen-bond donors (Lipinski definition) is 4. The first-order chi connectivity index (χ1) is 25.3. The molecule has 0 aliphatic rings. The molecule has 10 nitrogen and oxygen atoms in total. The monoisotopic (exact) mass is 705 g/mol. The van der Waals surface area contributed by atoms with E-state index in [1.54, 1.807) is 12.1 Å². The number of unbranched alkanes of at least 4 members (excludes halogenated alkanes) is 1. The van der Waals surface area contributed by atoms with E-state index >= 15 is 0 Å². The van der Waals surface area contributed by atoms with Crippen molar-refractivity contribution in [3.8, 4) is 5.75 Å². The zero-order valence-electron chi connectivity index (χ0n) is 29.3. The lowest BCUT2D eigenvalue weighted by atomic mass is 9.98. The predicted octanol–water partition coefficient (Wildman–Crippen LogP) is 6.04. The highest BCUT2D eigenvalue weighted by molar-refractivity contribution is 5.99. The second-order valence-electron chi connectivity index (χ2n) is 12.5. The number of ether oxygens (including phenoxy) is 2. The molecule has 4 aromatic rings. The summed E-state index contributed by atoms with van der Waals surface area (Å²) in [4.78, 5) is 52.6. The quantitative estimate of drug-likeness (QED) is 0.0470. The zero-order chi connectivity index (χ0) is 37.1. The van der Waals surface area contributed by atoms with E-state index < -0.39 is 48.3 Å². The van der Waals surface area contributed by atoms with Crippen molar-refractivity contribution in [3.05, 3.63) is 133 Å². The van der Waals surface area contributed by atoms with E-state index in [2.05, 4.69) is 29.1 Å². The highest BCUT2D eigenvalue weighted by Gasteiger charge is 2.28. The molecule has 52 heavy (non-hydrogen) atoms. The van der Waals surface area contributed by atoms with Crippen LogP contribution < -0.4 is 20.7 Å². The summed E-state index contributed by atoms with van der Waals surface area (Å²) in [6.07, 6.45) is 4.82. The SMILES string of the molecule is C=CCCCC(=O)OC[C@H](NC(=O)[C@H](CC=C)CC(=O)N[C@H](CO)Cc1ccc(OCc2ccccc2)cc1)C(=O)Nc1ccc2ccccc2c1. The molecule has 3 atom stereocenters. The predicted molar refractivity (Wildman–Crippen MR) is 202 cm³/mol. The zero-order valence-corrected chi connectivity index (χ0v) is 29.3. The Kier molecular flexibility index (Phi) is 15.6. The summed E-state index contributed by atoms with van der Waals surface area (Å²) in [5, 5.41) is 20.3. The number of carbonyl (C=O) groups excluding carboxylic acids is 4. The van der Waals surface area contributed by atoms with Gasteiger partial charge in [0.25, 0.3) is 5.91 Å². The maximum atomic E-state index is 13.6. The molecule has 272 valence electrons. The Balaban J connectivity index is 1.36. The van der Waals surface area contributed by atoms with Gasteiger partial charge in [0.15, 0.2) is 0 Å². The third-order valence-electron chi connectivity index (χ3n) is 8.34.